The summed E-state index contributed by atoms with van der Waals surface area (Å²) in [4.78, 5) is 2.55. The van der Waals surface area contributed by atoms with Crippen molar-refractivity contribution in [3.63, 3.8) is 0 Å². The molecule has 0 aromatic heterocycles. The molecule has 0 fully saturated rings. The average Bonchev–Trinajstić information content (AvgIpc) is 2.75. The molecule has 1 unspecified atom stereocenters. The molecule has 30 heavy (non-hydrogen) atoms. The van der Waals surface area contributed by atoms with E-state index in [1.807, 2.05) is 0 Å². The molecular formula is C28H59NO. The zero-order valence-corrected chi connectivity index (χ0v) is 21.4. The summed E-state index contributed by atoms with van der Waals surface area (Å²) < 4.78 is 0. The Morgan fingerprint density at radius 1 is 0.467 bits per heavy atom. The highest BCUT2D eigenvalue weighted by Gasteiger charge is 2.10. The highest BCUT2D eigenvalue weighted by Crippen LogP contribution is 2.13. The van der Waals surface area contributed by atoms with Crippen molar-refractivity contribution in [1.29, 1.82) is 0 Å². The van der Waals surface area contributed by atoms with Gasteiger partial charge in [-0.15, -0.1) is 0 Å². The fourth-order valence-corrected chi connectivity index (χ4v) is 4.37. The normalized spacial score (nSPS) is 12.7. The molecule has 0 amide bonds. The molecule has 182 valence electrons. The highest BCUT2D eigenvalue weighted by molar-refractivity contribution is 4.64. The van der Waals surface area contributed by atoms with Gasteiger partial charge in [-0.2, -0.15) is 0 Å². The quantitative estimate of drug-likeness (QED) is 0.148. The van der Waals surface area contributed by atoms with Gasteiger partial charge in [-0.1, -0.05) is 136 Å². The van der Waals surface area contributed by atoms with Crippen LogP contribution in [0.4, 0.5) is 0 Å². The minimum absolute atomic E-state index is 0.142. The molecule has 0 aliphatic heterocycles. The summed E-state index contributed by atoms with van der Waals surface area (Å²) in [5.74, 6) is 0. The summed E-state index contributed by atoms with van der Waals surface area (Å²) in [5.41, 5.74) is 0. The van der Waals surface area contributed by atoms with Gasteiger partial charge in [0.15, 0.2) is 0 Å². The maximum Gasteiger partial charge on any atom is 0.0664 e. The van der Waals surface area contributed by atoms with E-state index in [-0.39, 0.29) is 6.10 Å². The number of rotatable bonds is 25. The minimum Gasteiger partial charge on any atom is -0.392 e. The van der Waals surface area contributed by atoms with Crippen molar-refractivity contribution in [2.45, 2.75) is 162 Å². The van der Waals surface area contributed by atoms with Crippen molar-refractivity contribution >= 4 is 0 Å². The lowest BCUT2D eigenvalue weighted by atomic mass is 10.1. The minimum atomic E-state index is -0.142. The van der Waals surface area contributed by atoms with Crippen LogP contribution in [0.15, 0.2) is 0 Å². The summed E-state index contributed by atoms with van der Waals surface area (Å²) >= 11 is 0. The van der Waals surface area contributed by atoms with Gasteiger partial charge in [0.2, 0.25) is 0 Å². The van der Waals surface area contributed by atoms with Crippen molar-refractivity contribution in [1.82, 2.24) is 4.90 Å². The number of aliphatic hydroxyl groups is 1. The lowest BCUT2D eigenvalue weighted by Gasteiger charge is -2.24. The van der Waals surface area contributed by atoms with Crippen LogP contribution < -0.4 is 0 Å². The SMILES string of the molecule is CCCCCCCCCCCCN(CCCCCCCCCCCC)CC(O)CC. The van der Waals surface area contributed by atoms with Crippen LogP contribution in [0.5, 0.6) is 0 Å². The van der Waals surface area contributed by atoms with E-state index >= 15 is 0 Å². The van der Waals surface area contributed by atoms with E-state index in [0.717, 1.165) is 13.0 Å². The second-order valence-electron chi connectivity index (χ2n) is 9.73. The molecule has 2 heteroatoms. The Morgan fingerprint density at radius 3 is 1.07 bits per heavy atom. The topological polar surface area (TPSA) is 23.5 Å². The van der Waals surface area contributed by atoms with Crippen LogP contribution >= 0.6 is 0 Å². The fraction of sp³-hybridized carbons (Fsp3) is 1.00. The summed E-state index contributed by atoms with van der Waals surface area (Å²) in [5, 5.41) is 10.1. The van der Waals surface area contributed by atoms with Crippen LogP contribution in [-0.2, 0) is 0 Å². The number of unbranched alkanes of at least 4 members (excludes halogenated alkanes) is 18. The second kappa shape index (κ2) is 25.2. The Kier molecular flexibility index (Phi) is 25.1. The van der Waals surface area contributed by atoms with Gasteiger partial charge in [-0.25, -0.2) is 0 Å². The number of nitrogens with zero attached hydrogens (tertiary/aromatic N) is 1. The lowest BCUT2D eigenvalue weighted by Crippen LogP contribution is -2.33. The fourth-order valence-electron chi connectivity index (χ4n) is 4.37. The van der Waals surface area contributed by atoms with E-state index in [1.54, 1.807) is 0 Å². The van der Waals surface area contributed by atoms with Crippen molar-refractivity contribution in [3.05, 3.63) is 0 Å². The zero-order chi connectivity index (χ0) is 22.1. The molecule has 0 aromatic carbocycles. The van der Waals surface area contributed by atoms with Gasteiger partial charge < -0.3 is 10.0 Å². The third-order valence-corrected chi connectivity index (χ3v) is 6.60. The van der Waals surface area contributed by atoms with E-state index in [4.69, 9.17) is 0 Å². The van der Waals surface area contributed by atoms with Gasteiger partial charge in [0.05, 0.1) is 6.10 Å². The molecule has 0 rings (SSSR count). The predicted molar refractivity (Wildman–Crippen MR) is 136 cm³/mol. The number of hydrogen-bond donors (Lipinski definition) is 1. The largest absolute Gasteiger partial charge is 0.392 e. The lowest BCUT2D eigenvalue weighted by molar-refractivity contribution is 0.107. The molecule has 0 saturated heterocycles. The van der Waals surface area contributed by atoms with Gasteiger partial charge >= 0.3 is 0 Å². The van der Waals surface area contributed by atoms with Crippen molar-refractivity contribution in [3.8, 4) is 0 Å². The Balaban J connectivity index is 3.66. The Morgan fingerprint density at radius 2 is 0.767 bits per heavy atom. The molecule has 0 aliphatic rings. The van der Waals surface area contributed by atoms with E-state index < -0.39 is 0 Å². The molecule has 0 spiro atoms. The molecule has 1 N–H and O–H groups in total. The molecule has 0 heterocycles. The number of hydrogen-bond acceptors (Lipinski definition) is 2. The van der Waals surface area contributed by atoms with Crippen LogP contribution in [0, 0.1) is 0 Å². The van der Waals surface area contributed by atoms with Crippen molar-refractivity contribution in [2.24, 2.45) is 0 Å². The van der Waals surface area contributed by atoms with E-state index in [2.05, 4.69) is 25.7 Å². The Bertz CT molecular complexity index is 283. The summed E-state index contributed by atoms with van der Waals surface area (Å²) in [6.45, 7) is 9.93. The molecular weight excluding hydrogens is 366 g/mol. The molecule has 0 radical (unpaired) electrons. The predicted octanol–water partition coefficient (Wildman–Crippen LogP) is 8.90. The summed E-state index contributed by atoms with van der Waals surface area (Å²) in [6, 6.07) is 0. The van der Waals surface area contributed by atoms with Gasteiger partial charge in [-0.05, 0) is 32.4 Å². The zero-order valence-electron chi connectivity index (χ0n) is 21.4. The number of aliphatic hydroxyl groups excluding tert-OH is 1. The second-order valence-corrected chi connectivity index (χ2v) is 9.73. The Labute approximate surface area is 191 Å². The van der Waals surface area contributed by atoms with E-state index in [1.165, 1.54) is 142 Å². The maximum atomic E-state index is 10.1. The summed E-state index contributed by atoms with van der Waals surface area (Å²) in [6.07, 6.45) is 28.7. The van der Waals surface area contributed by atoms with Crippen LogP contribution in [0.3, 0.4) is 0 Å². The molecule has 0 bridgehead atoms. The Hall–Kier alpha value is -0.0800. The standard InChI is InChI=1S/C28H59NO/c1-4-7-9-11-13-15-17-19-21-23-25-29(27-28(30)6-3)26-24-22-20-18-16-14-12-10-8-5-2/h28,30H,4-27H2,1-3H3. The first-order valence-electron chi connectivity index (χ1n) is 14.1. The van der Waals surface area contributed by atoms with Gasteiger partial charge in [0.25, 0.3) is 0 Å². The summed E-state index contributed by atoms with van der Waals surface area (Å²) in [7, 11) is 0. The molecule has 0 aliphatic carbocycles. The third-order valence-electron chi connectivity index (χ3n) is 6.60. The highest BCUT2D eigenvalue weighted by atomic mass is 16.3. The molecule has 0 saturated carbocycles. The van der Waals surface area contributed by atoms with Crippen LogP contribution in [0.2, 0.25) is 0 Å². The first-order valence-corrected chi connectivity index (χ1v) is 14.1. The van der Waals surface area contributed by atoms with Gasteiger partial charge in [0, 0.05) is 6.54 Å². The molecule has 2 nitrogen and oxygen atoms in total. The third kappa shape index (κ3) is 22.6. The molecule has 0 aromatic rings. The van der Waals surface area contributed by atoms with Crippen LogP contribution in [0.25, 0.3) is 0 Å². The first-order chi connectivity index (χ1) is 14.7. The van der Waals surface area contributed by atoms with Crippen LogP contribution in [0.1, 0.15) is 156 Å². The monoisotopic (exact) mass is 425 g/mol. The van der Waals surface area contributed by atoms with Gasteiger partial charge in [-0.3, -0.25) is 0 Å². The maximum absolute atomic E-state index is 10.1. The smallest absolute Gasteiger partial charge is 0.0664 e. The first kappa shape index (κ1) is 29.9. The van der Waals surface area contributed by atoms with Crippen LogP contribution in [-0.4, -0.2) is 35.7 Å². The van der Waals surface area contributed by atoms with E-state index in [9.17, 15) is 5.11 Å². The average molecular weight is 426 g/mol. The molecule has 1 atom stereocenters. The van der Waals surface area contributed by atoms with E-state index in [0.29, 0.717) is 0 Å². The van der Waals surface area contributed by atoms with Crippen molar-refractivity contribution in [2.75, 3.05) is 19.6 Å². The van der Waals surface area contributed by atoms with Crippen molar-refractivity contribution < 1.29 is 5.11 Å². The van der Waals surface area contributed by atoms with Gasteiger partial charge in [0.1, 0.15) is 0 Å².